The molecule has 0 aliphatic carbocycles. The van der Waals surface area contributed by atoms with Crippen LogP contribution >= 0.6 is 0 Å². The van der Waals surface area contributed by atoms with Gasteiger partial charge in [0.15, 0.2) is 5.82 Å². The van der Waals surface area contributed by atoms with Crippen molar-refractivity contribution in [3.63, 3.8) is 0 Å². The molecule has 1 atom stereocenters. The van der Waals surface area contributed by atoms with Gasteiger partial charge >= 0.3 is 0 Å². The molecule has 0 spiro atoms. The molecule has 3 aliphatic heterocycles. The molecule has 2 N–H and O–H groups in total. The van der Waals surface area contributed by atoms with Crippen LogP contribution in [0.1, 0.15) is 12.8 Å². The number of hydrogen-bond acceptors (Lipinski definition) is 3. The van der Waals surface area contributed by atoms with Crippen LogP contribution in [0.5, 0.6) is 0 Å². The maximum Gasteiger partial charge on any atom is 0.155 e. The predicted molar refractivity (Wildman–Crippen MR) is 77.2 cm³/mol. The van der Waals surface area contributed by atoms with Gasteiger partial charge in [-0.3, -0.25) is 5.10 Å². The molecule has 2 aromatic rings. The van der Waals surface area contributed by atoms with E-state index in [0.717, 1.165) is 29.7 Å². The van der Waals surface area contributed by atoms with Crippen LogP contribution < -0.4 is 5.32 Å². The second-order valence-electron chi connectivity index (χ2n) is 5.90. The first kappa shape index (κ1) is 11.3. The van der Waals surface area contributed by atoms with Crippen molar-refractivity contribution in [3.05, 3.63) is 24.3 Å². The molecule has 19 heavy (non-hydrogen) atoms. The van der Waals surface area contributed by atoms with Crippen LogP contribution in [-0.4, -0.2) is 41.3 Å². The van der Waals surface area contributed by atoms with Crippen molar-refractivity contribution in [2.45, 2.75) is 12.8 Å². The first-order chi connectivity index (χ1) is 9.40. The van der Waals surface area contributed by atoms with Crippen LogP contribution in [0.4, 0.5) is 5.82 Å². The van der Waals surface area contributed by atoms with E-state index in [-0.39, 0.29) is 0 Å². The third kappa shape index (κ3) is 2.00. The molecule has 1 aromatic carbocycles. The van der Waals surface area contributed by atoms with Crippen LogP contribution in [0.25, 0.3) is 10.9 Å². The average molecular weight is 256 g/mol. The van der Waals surface area contributed by atoms with Gasteiger partial charge in [0.1, 0.15) is 0 Å². The van der Waals surface area contributed by atoms with E-state index in [1.165, 1.54) is 37.9 Å². The van der Waals surface area contributed by atoms with Gasteiger partial charge in [-0.15, -0.1) is 0 Å². The van der Waals surface area contributed by atoms with Crippen molar-refractivity contribution in [2.75, 3.05) is 31.5 Å². The van der Waals surface area contributed by atoms with E-state index < -0.39 is 0 Å². The smallest absolute Gasteiger partial charge is 0.155 e. The second-order valence-corrected chi connectivity index (χ2v) is 5.90. The summed E-state index contributed by atoms with van der Waals surface area (Å²) in [6.07, 6.45) is 2.77. The molecule has 0 unspecified atom stereocenters. The molecule has 0 radical (unpaired) electrons. The summed E-state index contributed by atoms with van der Waals surface area (Å²) in [5.74, 6) is 2.72. The molecular formula is C15H20N4. The number of rotatable bonds is 3. The summed E-state index contributed by atoms with van der Waals surface area (Å²) in [5.41, 5.74) is 1.11. The third-order valence-corrected chi connectivity index (χ3v) is 4.79. The van der Waals surface area contributed by atoms with Crippen LogP contribution in [-0.2, 0) is 0 Å². The van der Waals surface area contributed by atoms with Gasteiger partial charge in [-0.05, 0) is 49.9 Å². The lowest BCUT2D eigenvalue weighted by molar-refractivity contribution is 0.0574. The van der Waals surface area contributed by atoms with Crippen molar-refractivity contribution in [3.8, 4) is 0 Å². The van der Waals surface area contributed by atoms with Crippen molar-refractivity contribution in [2.24, 2.45) is 11.8 Å². The Morgan fingerprint density at radius 2 is 2.11 bits per heavy atom. The van der Waals surface area contributed by atoms with Crippen LogP contribution in [0.2, 0.25) is 0 Å². The van der Waals surface area contributed by atoms with E-state index in [0.29, 0.717) is 0 Å². The predicted octanol–water partition coefficient (Wildman–Crippen LogP) is 2.32. The molecule has 2 bridgehead atoms. The van der Waals surface area contributed by atoms with Gasteiger partial charge in [0.25, 0.3) is 0 Å². The molecule has 100 valence electrons. The number of nitrogens with zero attached hydrogens (tertiary/aromatic N) is 2. The highest BCUT2D eigenvalue weighted by molar-refractivity contribution is 5.89. The maximum absolute atomic E-state index is 4.39. The van der Waals surface area contributed by atoms with Gasteiger partial charge in [-0.1, -0.05) is 12.1 Å². The molecule has 5 rings (SSSR count). The zero-order valence-corrected chi connectivity index (χ0v) is 11.1. The second kappa shape index (κ2) is 4.53. The number of aromatic amines is 1. The highest BCUT2D eigenvalue weighted by Crippen LogP contribution is 2.32. The number of benzene rings is 1. The van der Waals surface area contributed by atoms with E-state index in [9.17, 15) is 0 Å². The minimum Gasteiger partial charge on any atom is -0.368 e. The number of H-pyrrole nitrogens is 1. The van der Waals surface area contributed by atoms with Gasteiger partial charge in [0, 0.05) is 18.5 Å². The minimum absolute atomic E-state index is 0.790. The van der Waals surface area contributed by atoms with Gasteiger partial charge in [0.2, 0.25) is 0 Å². The third-order valence-electron chi connectivity index (χ3n) is 4.79. The lowest BCUT2D eigenvalue weighted by Crippen LogP contribution is -2.49. The highest BCUT2D eigenvalue weighted by Gasteiger charge is 2.33. The molecule has 4 nitrogen and oxygen atoms in total. The minimum atomic E-state index is 0.790. The maximum atomic E-state index is 4.39. The Kier molecular flexibility index (Phi) is 2.69. The molecule has 3 fully saturated rings. The first-order valence-electron chi connectivity index (χ1n) is 7.29. The molecule has 0 amide bonds. The van der Waals surface area contributed by atoms with Crippen LogP contribution in [0, 0.1) is 11.8 Å². The number of nitrogens with one attached hydrogen (secondary N) is 2. The summed E-state index contributed by atoms with van der Waals surface area (Å²) in [5, 5.41) is 12.2. The molecule has 3 aliphatic rings. The van der Waals surface area contributed by atoms with Gasteiger partial charge in [-0.25, -0.2) is 0 Å². The number of anilines is 1. The van der Waals surface area contributed by atoms with E-state index in [1.807, 2.05) is 6.07 Å². The lowest BCUT2D eigenvalue weighted by Gasteiger charge is -2.44. The van der Waals surface area contributed by atoms with Gasteiger partial charge < -0.3 is 10.2 Å². The van der Waals surface area contributed by atoms with Crippen LogP contribution in [0.15, 0.2) is 24.3 Å². The first-order valence-corrected chi connectivity index (χ1v) is 7.29. The summed E-state index contributed by atoms with van der Waals surface area (Å²) in [7, 11) is 0. The molecule has 3 saturated heterocycles. The van der Waals surface area contributed by atoms with E-state index >= 15 is 0 Å². The summed E-state index contributed by atoms with van der Waals surface area (Å²) in [4.78, 5) is 2.61. The molecule has 4 heterocycles. The van der Waals surface area contributed by atoms with Crippen LogP contribution in [0.3, 0.4) is 0 Å². The Morgan fingerprint density at radius 1 is 1.26 bits per heavy atom. The molecule has 0 saturated carbocycles. The fraction of sp³-hybridized carbons (Fsp3) is 0.533. The topological polar surface area (TPSA) is 44.0 Å². The van der Waals surface area contributed by atoms with Gasteiger partial charge in [-0.2, -0.15) is 5.10 Å². The number of para-hydroxylation sites is 1. The summed E-state index contributed by atoms with van der Waals surface area (Å²) >= 11 is 0. The fourth-order valence-corrected chi connectivity index (χ4v) is 3.64. The summed E-state index contributed by atoms with van der Waals surface area (Å²) < 4.78 is 0. The van der Waals surface area contributed by atoms with Crippen molar-refractivity contribution >= 4 is 16.7 Å². The lowest BCUT2D eigenvalue weighted by atomic mass is 9.79. The molecule has 1 aromatic heterocycles. The normalized spacial score (nSPS) is 29.8. The van der Waals surface area contributed by atoms with Crippen molar-refractivity contribution in [1.29, 1.82) is 0 Å². The van der Waals surface area contributed by atoms with E-state index in [4.69, 9.17) is 0 Å². The largest absolute Gasteiger partial charge is 0.368 e. The summed E-state index contributed by atoms with van der Waals surface area (Å²) in [6, 6.07) is 8.30. The standard InChI is InChI=1S/C15H20N4/c1-2-4-14-13(3-1)15(18-17-14)16-9-12-10-19-7-5-11(12)6-8-19/h1-4,11-12H,5-10H2,(H2,16,17,18)/t12-/m0/s1. The Morgan fingerprint density at radius 3 is 2.89 bits per heavy atom. The number of piperidine rings is 3. The Labute approximate surface area is 113 Å². The number of aromatic nitrogens is 2. The number of fused-ring (bicyclic) bond motifs is 4. The zero-order valence-electron chi connectivity index (χ0n) is 11.1. The zero-order chi connectivity index (χ0) is 12.7. The highest BCUT2D eigenvalue weighted by atomic mass is 15.2. The fourth-order valence-electron chi connectivity index (χ4n) is 3.64. The SMILES string of the molecule is c1ccc2c(NC[C@H]3CN4CCC3CC4)n[nH]c2c1. The molecule has 4 heteroatoms. The summed E-state index contributed by atoms with van der Waals surface area (Å²) in [6.45, 7) is 4.94. The van der Waals surface area contributed by atoms with Crippen molar-refractivity contribution < 1.29 is 0 Å². The monoisotopic (exact) mass is 256 g/mol. The van der Waals surface area contributed by atoms with Gasteiger partial charge in [0.05, 0.1) is 5.52 Å². The molecular weight excluding hydrogens is 236 g/mol. The Bertz CT molecular complexity index is 568. The van der Waals surface area contributed by atoms with E-state index in [1.54, 1.807) is 0 Å². The van der Waals surface area contributed by atoms with Crippen molar-refractivity contribution in [1.82, 2.24) is 15.1 Å². The Balaban J connectivity index is 1.47. The number of hydrogen-bond donors (Lipinski definition) is 2. The Hall–Kier alpha value is -1.55. The van der Waals surface area contributed by atoms with E-state index in [2.05, 4.69) is 38.6 Å². The average Bonchev–Trinajstić information content (AvgIpc) is 2.90. The quantitative estimate of drug-likeness (QED) is 0.885.